The van der Waals surface area contributed by atoms with Crippen LogP contribution in [0, 0.1) is 0 Å². The molecule has 0 saturated carbocycles. The average Bonchev–Trinajstić information content (AvgIpc) is 3.18. The van der Waals surface area contributed by atoms with Crippen LogP contribution in [0.1, 0.15) is 41.7 Å². The van der Waals surface area contributed by atoms with Crippen LogP contribution in [0.5, 0.6) is 11.5 Å². The highest BCUT2D eigenvalue weighted by molar-refractivity contribution is 7.89. The highest BCUT2D eigenvalue weighted by atomic mass is 32.2. The number of hydrogen-bond donors (Lipinski definition) is 0. The van der Waals surface area contributed by atoms with Crippen molar-refractivity contribution in [1.82, 2.24) is 4.31 Å². The van der Waals surface area contributed by atoms with Crippen LogP contribution in [0.15, 0.2) is 47.4 Å². The minimum absolute atomic E-state index is 0.0886. The molecule has 0 amide bonds. The van der Waals surface area contributed by atoms with Gasteiger partial charge in [0.2, 0.25) is 10.0 Å². The van der Waals surface area contributed by atoms with Gasteiger partial charge in [-0.05, 0) is 49.6 Å². The number of fused-ring (bicyclic) bond motifs is 1. The van der Waals surface area contributed by atoms with Gasteiger partial charge in [0.25, 0.3) is 0 Å². The molecule has 0 radical (unpaired) electrons. The minimum Gasteiger partial charge on any atom is -0.486 e. The van der Waals surface area contributed by atoms with Crippen LogP contribution >= 0.6 is 0 Å². The van der Waals surface area contributed by atoms with Gasteiger partial charge in [-0.25, -0.2) is 8.42 Å². The molecule has 0 aromatic heterocycles. The number of Topliss-reactive ketones (excluding diaryl/α,β-unsaturated/α-hetero) is 1. The summed E-state index contributed by atoms with van der Waals surface area (Å²) in [6, 6.07) is 11.5. The smallest absolute Gasteiger partial charge is 0.243 e. The van der Waals surface area contributed by atoms with Gasteiger partial charge in [-0.2, -0.15) is 4.31 Å². The quantitative estimate of drug-likeness (QED) is 0.754. The van der Waals surface area contributed by atoms with E-state index < -0.39 is 10.0 Å². The molecule has 4 rings (SSSR count). The minimum atomic E-state index is -3.65. The predicted molar refractivity (Wildman–Crippen MR) is 99.7 cm³/mol. The standard InChI is InChI=1S/C20H21NO5S/c1-14(22)15-4-7-17(8-5-15)27(23,24)21-10-2-3-18(21)16-6-9-19-20(13-16)26-12-11-25-19/h4-9,13,18H,2-3,10-12H2,1H3/t18-/m1/s1. The summed E-state index contributed by atoms with van der Waals surface area (Å²) in [6.07, 6.45) is 1.55. The third-order valence-corrected chi connectivity index (χ3v) is 6.94. The molecule has 2 aromatic rings. The van der Waals surface area contributed by atoms with E-state index in [1.54, 1.807) is 16.4 Å². The van der Waals surface area contributed by atoms with Crippen LogP contribution in [0.25, 0.3) is 0 Å². The van der Waals surface area contributed by atoms with Crippen molar-refractivity contribution in [3.05, 3.63) is 53.6 Å². The van der Waals surface area contributed by atoms with Gasteiger partial charge in [0.1, 0.15) is 13.2 Å². The molecule has 0 spiro atoms. The summed E-state index contributed by atoms with van der Waals surface area (Å²) in [6.45, 7) is 2.94. The lowest BCUT2D eigenvalue weighted by Gasteiger charge is -2.26. The Bertz CT molecular complexity index is 968. The van der Waals surface area contributed by atoms with Gasteiger partial charge in [0, 0.05) is 12.1 Å². The molecule has 27 heavy (non-hydrogen) atoms. The fraction of sp³-hybridized carbons (Fsp3) is 0.350. The third kappa shape index (κ3) is 3.33. The second kappa shape index (κ2) is 6.98. The molecule has 2 aliphatic rings. The van der Waals surface area contributed by atoms with E-state index in [9.17, 15) is 13.2 Å². The van der Waals surface area contributed by atoms with E-state index >= 15 is 0 Å². The Morgan fingerprint density at radius 1 is 1.04 bits per heavy atom. The summed E-state index contributed by atoms with van der Waals surface area (Å²) in [5.41, 5.74) is 1.40. The number of benzene rings is 2. The van der Waals surface area contributed by atoms with E-state index in [0.717, 1.165) is 18.4 Å². The first-order chi connectivity index (χ1) is 13.0. The Morgan fingerprint density at radius 3 is 2.44 bits per heavy atom. The largest absolute Gasteiger partial charge is 0.486 e. The van der Waals surface area contributed by atoms with Crippen molar-refractivity contribution < 1.29 is 22.7 Å². The topological polar surface area (TPSA) is 72.9 Å². The molecule has 2 heterocycles. The molecule has 0 bridgehead atoms. The Balaban J connectivity index is 1.65. The molecule has 0 N–H and O–H groups in total. The van der Waals surface area contributed by atoms with Crippen LogP contribution in [0.3, 0.4) is 0 Å². The van der Waals surface area contributed by atoms with Gasteiger partial charge in [-0.1, -0.05) is 18.2 Å². The Morgan fingerprint density at radius 2 is 1.74 bits per heavy atom. The van der Waals surface area contributed by atoms with Gasteiger partial charge >= 0.3 is 0 Å². The second-order valence-electron chi connectivity index (χ2n) is 6.76. The summed E-state index contributed by atoms with van der Waals surface area (Å²) >= 11 is 0. The first-order valence-electron chi connectivity index (χ1n) is 8.99. The molecule has 1 fully saturated rings. The van der Waals surface area contributed by atoms with E-state index in [0.29, 0.717) is 36.8 Å². The lowest BCUT2D eigenvalue weighted by atomic mass is 10.0. The van der Waals surface area contributed by atoms with Gasteiger partial charge < -0.3 is 9.47 Å². The lowest BCUT2D eigenvalue weighted by molar-refractivity contribution is 0.101. The fourth-order valence-corrected chi connectivity index (χ4v) is 5.31. The zero-order valence-corrected chi connectivity index (χ0v) is 15.9. The number of sulfonamides is 1. The van der Waals surface area contributed by atoms with Crippen LogP contribution in [0.4, 0.5) is 0 Å². The van der Waals surface area contributed by atoms with Crippen molar-refractivity contribution in [2.24, 2.45) is 0 Å². The van der Waals surface area contributed by atoms with Crippen molar-refractivity contribution in [2.75, 3.05) is 19.8 Å². The number of carbonyl (C=O) groups excluding carboxylic acids is 1. The molecule has 2 aliphatic heterocycles. The zero-order valence-electron chi connectivity index (χ0n) is 15.1. The number of hydrogen-bond acceptors (Lipinski definition) is 5. The van der Waals surface area contributed by atoms with Crippen molar-refractivity contribution in [1.29, 1.82) is 0 Å². The Labute approximate surface area is 158 Å². The summed E-state index contributed by atoms with van der Waals surface area (Å²) < 4.78 is 39.1. The monoisotopic (exact) mass is 387 g/mol. The summed E-state index contributed by atoms with van der Waals surface area (Å²) in [5, 5.41) is 0. The summed E-state index contributed by atoms with van der Waals surface area (Å²) in [4.78, 5) is 11.6. The number of ketones is 1. The maximum Gasteiger partial charge on any atom is 0.243 e. The first kappa shape index (κ1) is 18.0. The third-order valence-electron chi connectivity index (χ3n) is 5.02. The predicted octanol–water partition coefficient (Wildman–Crippen LogP) is 3.19. The average molecular weight is 387 g/mol. The maximum atomic E-state index is 13.2. The number of carbonyl (C=O) groups is 1. The second-order valence-corrected chi connectivity index (χ2v) is 8.65. The van der Waals surface area contributed by atoms with Crippen molar-refractivity contribution in [2.45, 2.75) is 30.7 Å². The zero-order chi connectivity index (χ0) is 19.0. The highest BCUT2D eigenvalue weighted by Crippen LogP contribution is 2.40. The lowest BCUT2D eigenvalue weighted by Crippen LogP contribution is -2.30. The van der Waals surface area contributed by atoms with E-state index in [2.05, 4.69) is 0 Å². The van der Waals surface area contributed by atoms with E-state index in [-0.39, 0.29) is 16.7 Å². The summed E-state index contributed by atoms with van der Waals surface area (Å²) in [7, 11) is -3.65. The van der Waals surface area contributed by atoms with Gasteiger partial charge in [0.05, 0.1) is 10.9 Å². The molecular weight excluding hydrogens is 366 g/mol. The number of nitrogens with zero attached hydrogens (tertiary/aromatic N) is 1. The van der Waals surface area contributed by atoms with Gasteiger partial charge in [0.15, 0.2) is 17.3 Å². The Hall–Kier alpha value is -2.38. The van der Waals surface area contributed by atoms with Crippen LogP contribution in [0.2, 0.25) is 0 Å². The SMILES string of the molecule is CC(=O)c1ccc(S(=O)(=O)N2CCC[C@@H]2c2ccc3c(c2)OCCO3)cc1. The molecular formula is C20H21NO5S. The van der Waals surface area contributed by atoms with Crippen LogP contribution in [-0.4, -0.2) is 38.3 Å². The first-order valence-corrected chi connectivity index (χ1v) is 10.4. The highest BCUT2D eigenvalue weighted by Gasteiger charge is 2.36. The van der Waals surface area contributed by atoms with E-state index in [1.807, 2.05) is 18.2 Å². The molecule has 1 atom stereocenters. The molecule has 1 saturated heterocycles. The Kier molecular flexibility index (Phi) is 4.65. The molecule has 7 heteroatoms. The fourth-order valence-electron chi connectivity index (χ4n) is 3.63. The van der Waals surface area contributed by atoms with Crippen LogP contribution in [-0.2, 0) is 10.0 Å². The molecule has 142 valence electrons. The van der Waals surface area contributed by atoms with Gasteiger partial charge in [-0.3, -0.25) is 4.79 Å². The van der Waals surface area contributed by atoms with Crippen molar-refractivity contribution in [3.8, 4) is 11.5 Å². The molecule has 2 aromatic carbocycles. The molecule has 6 nitrogen and oxygen atoms in total. The molecule has 0 unspecified atom stereocenters. The van der Waals surface area contributed by atoms with Gasteiger partial charge in [-0.15, -0.1) is 0 Å². The summed E-state index contributed by atoms with van der Waals surface area (Å²) in [5.74, 6) is 1.26. The normalized spacial score (nSPS) is 19.8. The van der Waals surface area contributed by atoms with Crippen LogP contribution < -0.4 is 9.47 Å². The number of ether oxygens (including phenoxy) is 2. The molecule has 0 aliphatic carbocycles. The maximum absolute atomic E-state index is 13.2. The van der Waals surface area contributed by atoms with E-state index in [1.165, 1.54) is 19.1 Å². The number of rotatable bonds is 4. The van der Waals surface area contributed by atoms with E-state index in [4.69, 9.17) is 9.47 Å². The van der Waals surface area contributed by atoms with Crippen molar-refractivity contribution >= 4 is 15.8 Å². The van der Waals surface area contributed by atoms with Crippen molar-refractivity contribution in [3.63, 3.8) is 0 Å².